The van der Waals surface area contributed by atoms with Crippen molar-refractivity contribution in [3.8, 4) is 17.2 Å². The maximum atomic E-state index is 5.65. The van der Waals surface area contributed by atoms with Crippen molar-refractivity contribution in [2.75, 3.05) is 26.5 Å². The van der Waals surface area contributed by atoms with Gasteiger partial charge in [0.15, 0.2) is 11.5 Å². The van der Waals surface area contributed by atoms with Gasteiger partial charge in [0.1, 0.15) is 5.75 Å². The third-order valence-corrected chi connectivity index (χ3v) is 2.61. The van der Waals surface area contributed by atoms with E-state index in [1.165, 1.54) is 0 Å². The molecule has 0 amide bonds. The van der Waals surface area contributed by atoms with Crippen molar-refractivity contribution in [2.24, 2.45) is 0 Å². The van der Waals surface area contributed by atoms with Crippen molar-refractivity contribution >= 4 is 0 Å². The molecular weight excluding hydrogens is 218 g/mol. The van der Waals surface area contributed by atoms with E-state index >= 15 is 0 Å². The van der Waals surface area contributed by atoms with Crippen molar-refractivity contribution < 1.29 is 14.2 Å². The van der Waals surface area contributed by atoms with Gasteiger partial charge in [0, 0.05) is 6.07 Å². The predicted octanol–water partition coefficient (Wildman–Crippen LogP) is 2.18. The zero-order chi connectivity index (χ0) is 11.9. The molecule has 0 bridgehead atoms. The fraction of sp³-hybridized carbons (Fsp3) is 0.538. The van der Waals surface area contributed by atoms with E-state index in [0.29, 0.717) is 6.79 Å². The van der Waals surface area contributed by atoms with Crippen molar-refractivity contribution in [3.63, 3.8) is 0 Å². The molecule has 1 aliphatic rings. The van der Waals surface area contributed by atoms with Crippen molar-refractivity contribution in [1.82, 2.24) is 5.32 Å². The first-order chi connectivity index (χ1) is 8.40. The normalized spacial score (nSPS) is 12.8. The lowest BCUT2D eigenvalue weighted by Gasteiger charge is -2.07. The topological polar surface area (TPSA) is 39.7 Å². The summed E-state index contributed by atoms with van der Waals surface area (Å²) in [5, 5.41) is 3.29. The van der Waals surface area contributed by atoms with E-state index in [1.54, 1.807) is 0 Å². The van der Waals surface area contributed by atoms with Gasteiger partial charge < -0.3 is 19.5 Å². The molecule has 0 saturated heterocycles. The summed E-state index contributed by atoms with van der Waals surface area (Å²) in [7, 11) is 0. The summed E-state index contributed by atoms with van der Waals surface area (Å²) in [4.78, 5) is 0. The summed E-state index contributed by atoms with van der Waals surface area (Å²) >= 11 is 0. The molecule has 1 aromatic carbocycles. The number of hydrogen-bond acceptors (Lipinski definition) is 4. The van der Waals surface area contributed by atoms with Crippen LogP contribution in [-0.4, -0.2) is 26.5 Å². The first-order valence-electron chi connectivity index (χ1n) is 6.13. The van der Waals surface area contributed by atoms with Gasteiger partial charge in [0.25, 0.3) is 0 Å². The van der Waals surface area contributed by atoms with Gasteiger partial charge in [-0.2, -0.15) is 0 Å². The average molecular weight is 237 g/mol. The first-order valence-corrected chi connectivity index (χ1v) is 6.13. The zero-order valence-corrected chi connectivity index (χ0v) is 10.2. The minimum absolute atomic E-state index is 0.307. The second-order valence-electron chi connectivity index (χ2n) is 3.92. The van der Waals surface area contributed by atoms with Crippen molar-refractivity contribution in [1.29, 1.82) is 0 Å². The molecule has 94 valence electrons. The Morgan fingerprint density at radius 1 is 1.24 bits per heavy atom. The molecular formula is C13H19NO3. The highest BCUT2D eigenvalue weighted by Gasteiger charge is 2.13. The molecule has 1 N–H and O–H groups in total. The van der Waals surface area contributed by atoms with Crippen LogP contribution in [0.4, 0.5) is 0 Å². The Balaban J connectivity index is 1.69. The van der Waals surface area contributed by atoms with Gasteiger partial charge in [-0.15, -0.1) is 0 Å². The molecule has 0 aliphatic carbocycles. The molecule has 0 unspecified atom stereocenters. The Labute approximate surface area is 102 Å². The molecule has 0 fully saturated rings. The van der Waals surface area contributed by atoms with Crippen LogP contribution in [0.25, 0.3) is 0 Å². The van der Waals surface area contributed by atoms with Crippen LogP contribution in [0.1, 0.15) is 19.8 Å². The predicted molar refractivity (Wildman–Crippen MR) is 65.8 cm³/mol. The summed E-state index contributed by atoms with van der Waals surface area (Å²) in [5.74, 6) is 2.41. The number of unbranched alkanes of at least 4 members (excludes halogenated alkanes) is 1. The number of nitrogens with one attached hydrogen (secondary N) is 1. The molecule has 0 aromatic heterocycles. The van der Waals surface area contributed by atoms with Crippen LogP contribution < -0.4 is 19.5 Å². The highest BCUT2D eigenvalue weighted by molar-refractivity contribution is 5.46. The highest BCUT2D eigenvalue weighted by Crippen LogP contribution is 2.35. The average Bonchev–Trinajstić information content (AvgIpc) is 2.81. The van der Waals surface area contributed by atoms with E-state index in [2.05, 4.69) is 12.2 Å². The fourth-order valence-electron chi connectivity index (χ4n) is 1.69. The monoisotopic (exact) mass is 237 g/mol. The second-order valence-corrected chi connectivity index (χ2v) is 3.92. The minimum Gasteiger partial charge on any atom is -0.493 e. The molecule has 0 saturated carbocycles. The van der Waals surface area contributed by atoms with Gasteiger partial charge in [0.2, 0.25) is 6.79 Å². The van der Waals surface area contributed by atoms with Gasteiger partial charge >= 0.3 is 0 Å². The summed E-state index contributed by atoms with van der Waals surface area (Å²) < 4.78 is 16.2. The molecule has 1 aliphatic heterocycles. The molecule has 1 heterocycles. The lowest BCUT2D eigenvalue weighted by Crippen LogP contribution is -2.14. The highest BCUT2D eigenvalue weighted by atomic mass is 16.7. The van der Waals surface area contributed by atoms with Crippen LogP contribution in [-0.2, 0) is 0 Å². The Morgan fingerprint density at radius 2 is 2.12 bits per heavy atom. The molecule has 4 heteroatoms. The lowest BCUT2D eigenvalue weighted by atomic mass is 10.3. The largest absolute Gasteiger partial charge is 0.493 e. The SMILES string of the molecule is CCNCCCCOc1ccc2c(c1)OCO2. The zero-order valence-electron chi connectivity index (χ0n) is 10.2. The first kappa shape index (κ1) is 12.0. The Morgan fingerprint density at radius 3 is 3.00 bits per heavy atom. The number of benzene rings is 1. The second kappa shape index (κ2) is 6.35. The van der Waals surface area contributed by atoms with Crippen molar-refractivity contribution in [3.05, 3.63) is 18.2 Å². The van der Waals surface area contributed by atoms with Gasteiger partial charge in [-0.05, 0) is 38.1 Å². The molecule has 0 atom stereocenters. The van der Waals surface area contributed by atoms with Crippen LogP contribution in [0.3, 0.4) is 0 Å². The quantitative estimate of drug-likeness (QED) is 0.738. The molecule has 17 heavy (non-hydrogen) atoms. The van der Waals surface area contributed by atoms with E-state index in [9.17, 15) is 0 Å². The van der Waals surface area contributed by atoms with Crippen LogP contribution in [0.5, 0.6) is 17.2 Å². The minimum atomic E-state index is 0.307. The van der Waals surface area contributed by atoms with Crippen LogP contribution in [0.2, 0.25) is 0 Å². The Bertz CT molecular complexity index is 355. The number of hydrogen-bond donors (Lipinski definition) is 1. The van der Waals surface area contributed by atoms with E-state index in [4.69, 9.17) is 14.2 Å². The summed E-state index contributed by atoms with van der Waals surface area (Å²) in [6.07, 6.45) is 2.19. The van der Waals surface area contributed by atoms with Gasteiger partial charge in [0.05, 0.1) is 6.61 Å². The van der Waals surface area contributed by atoms with Crippen molar-refractivity contribution in [2.45, 2.75) is 19.8 Å². The maximum absolute atomic E-state index is 5.65. The third-order valence-electron chi connectivity index (χ3n) is 2.61. The van der Waals surface area contributed by atoms with Crippen LogP contribution >= 0.6 is 0 Å². The lowest BCUT2D eigenvalue weighted by molar-refractivity contribution is 0.173. The van der Waals surface area contributed by atoms with Gasteiger partial charge in [-0.1, -0.05) is 6.92 Å². The molecule has 0 spiro atoms. The van der Waals surface area contributed by atoms with Gasteiger partial charge in [-0.25, -0.2) is 0 Å². The van der Waals surface area contributed by atoms with Gasteiger partial charge in [-0.3, -0.25) is 0 Å². The summed E-state index contributed by atoms with van der Waals surface area (Å²) in [5.41, 5.74) is 0. The fourth-order valence-corrected chi connectivity index (χ4v) is 1.69. The molecule has 1 aromatic rings. The number of ether oxygens (including phenoxy) is 3. The smallest absolute Gasteiger partial charge is 0.231 e. The molecule has 0 radical (unpaired) electrons. The molecule has 2 rings (SSSR count). The number of fused-ring (bicyclic) bond motifs is 1. The molecule has 4 nitrogen and oxygen atoms in total. The van der Waals surface area contributed by atoms with E-state index < -0.39 is 0 Å². The Kier molecular flexibility index (Phi) is 4.50. The maximum Gasteiger partial charge on any atom is 0.231 e. The van der Waals surface area contributed by atoms with E-state index in [-0.39, 0.29) is 0 Å². The van der Waals surface area contributed by atoms with E-state index in [1.807, 2.05) is 18.2 Å². The number of rotatable bonds is 7. The van der Waals surface area contributed by atoms with E-state index in [0.717, 1.165) is 49.8 Å². The van der Waals surface area contributed by atoms with Crippen LogP contribution in [0, 0.1) is 0 Å². The Hall–Kier alpha value is -1.42. The summed E-state index contributed by atoms with van der Waals surface area (Å²) in [6, 6.07) is 5.68. The standard InChI is InChI=1S/C13H19NO3/c1-2-14-7-3-4-8-15-11-5-6-12-13(9-11)17-10-16-12/h5-6,9,14H,2-4,7-8,10H2,1H3. The van der Waals surface area contributed by atoms with Crippen LogP contribution in [0.15, 0.2) is 18.2 Å². The third kappa shape index (κ3) is 3.53. The summed E-state index contributed by atoms with van der Waals surface area (Å²) in [6.45, 7) is 5.25.